The third-order valence-electron chi connectivity index (χ3n) is 3.49. The van der Waals surface area contributed by atoms with E-state index in [4.69, 9.17) is 5.11 Å². The molecular weight excluding hydrogens is 168 g/mol. The van der Waals surface area contributed by atoms with E-state index in [0.717, 1.165) is 13.0 Å². The van der Waals surface area contributed by atoms with Gasteiger partial charge in [-0.2, -0.15) is 0 Å². The molecule has 0 saturated carbocycles. The number of aliphatic carboxylic acids is 1. The Morgan fingerprint density at radius 1 is 1.62 bits per heavy atom. The molecule has 4 heteroatoms. The summed E-state index contributed by atoms with van der Waals surface area (Å²) in [7, 11) is 2.04. The smallest absolute Gasteiger partial charge is 0.308 e. The third-order valence-corrected chi connectivity index (χ3v) is 3.49. The maximum Gasteiger partial charge on any atom is 0.308 e. The van der Waals surface area contributed by atoms with Crippen molar-refractivity contribution in [3.8, 4) is 0 Å². The lowest BCUT2D eigenvalue weighted by Crippen LogP contribution is -2.56. The minimum Gasteiger partial charge on any atom is -0.481 e. The first-order valence-corrected chi connectivity index (χ1v) is 4.79. The predicted octanol–water partition coefficient (Wildman–Crippen LogP) is -0.248. The summed E-state index contributed by atoms with van der Waals surface area (Å²) in [5.74, 6) is -0.824. The molecule has 2 fully saturated rings. The van der Waals surface area contributed by atoms with Crippen LogP contribution in [0.3, 0.4) is 0 Å². The molecule has 0 spiro atoms. The van der Waals surface area contributed by atoms with E-state index in [1.165, 1.54) is 0 Å². The van der Waals surface area contributed by atoms with Crippen molar-refractivity contribution in [3.05, 3.63) is 0 Å². The van der Waals surface area contributed by atoms with Crippen LogP contribution in [0.25, 0.3) is 0 Å². The largest absolute Gasteiger partial charge is 0.481 e. The van der Waals surface area contributed by atoms with E-state index in [2.05, 4.69) is 17.1 Å². The molecule has 0 radical (unpaired) electrons. The van der Waals surface area contributed by atoms with E-state index >= 15 is 0 Å². The van der Waals surface area contributed by atoms with Crippen molar-refractivity contribution in [3.63, 3.8) is 0 Å². The van der Waals surface area contributed by atoms with Crippen molar-refractivity contribution >= 4 is 5.97 Å². The highest BCUT2D eigenvalue weighted by atomic mass is 16.4. The number of carboxylic acid groups (broad SMARTS) is 1. The van der Waals surface area contributed by atoms with Crippen molar-refractivity contribution in [2.45, 2.75) is 31.5 Å². The van der Waals surface area contributed by atoms with Gasteiger partial charge in [0.25, 0.3) is 0 Å². The highest BCUT2D eigenvalue weighted by Gasteiger charge is 2.47. The first-order valence-electron chi connectivity index (χ1n) is 4.79. The molecule has 0 amide bonds. The number of nitrogens with zero attached hydrogens (tertiary/aromatic N) is 1. The van der Waals surface area contributed by atoms with Crippen LogP contribution in [0.1, 0.15) is 13.3 Å². The molecule has 2 rings (SSSR count). The average molecular weight is 184 g/mol. The van der Waals surface area contributed by atoms with Gasteiger partial charge in [0.15, 0.2) is 0 Å². The first kappa shape index (κ1) is 8.97. The zero-order valence-corrected chi connectivity index (χ0v) is 8.03. The molecule has 74 valence electrons. The summed E-state index contributed by atoms with van der Waals surface area (Å²) in [6, 6.07) is 0.892. The second-order valence-corrected chi connectivity index (χ2v) is 4.19. The van der Waals surface area contributed by atoms with E-state index in [1.807, 2.05) is 7.05 Å². The van der Waals surface area contributed by atoms with Gasteiger partial charge in [0, 0.05) is 24.7 Å². The molecule has 2 aliphatic heterocycles. The van der Waals surface area contributed by atoms with E-state index in [-0.39, 0.29) is 12.0 Å². The number of nitrogens with one attached hydrogen (secondary N) is 1. The number of hydrogen-bond donors (Lipinski definition) is 2. The van der Waals surface area contributed by atoms with Gasteiger partial charge in [-0.25, -0.2) is 0 Å². The van der Waals surface area contributed by atoms with Gasteiger partial charge in [-0.05, 0) is 20.4 Å². The predicted molar refractivity (Wildman–Crippen MR) is 48.5 cm³/mol. The van der Waals surface area contributed by atoms with Crippen LogP contribution in [0.4, 0.5) is 0 Å². The Morgan fingerprint density at radius 3 is 2.92 bits per heavy atom. The van der Waals surface area contributed by atoms with Crippen LogP contribution in [0.15, 0.2) is 0 Å². The number of hydrogen-bond acceptors (Lipinski definition) is 3. The van der Waals surface area contributed by atoms with Gasteiger partial charge in [-0.1, -0.05) is 0 Å². The van der Waals surface area contributed by atoms with Gasteiger partial charge < -0.3 is 10.4 Å². The Bertz CT molecular complexity index is 232. The summed E-state index contributed by atoms with van der Waals surface area (Å²) in [4.78, 5) is 13.2. The normalized spacial score (nSPS) is 45.1. The molecule has 0 aromatic heterocycles. The van der Waals surface area contributed by atoms with Crippen molar-refractivity contribution < 1.29 is 9.90 Å². The number of carboxylic acids is 1. The van der Waals surface area contributed by atoms with Crippen molar-refractivity contribution in [2.24, 2.45) is 5.92 Å². The van der Waals surface area contributed by atoms with Gasteiger partial charge in [-0.3, -0.25) is 9.69 Å². The number of likely N-dealkylation sites (N-methyl/N-ethyl adjacent to an activating group) is 1. The zero-order valence-electron chi connectivity index (χ0n) is 8.03. The molecule has 2 bridgehead atoms. The van der Waals surface area contributed by atoms with Crippen LogP contribution in [0.2, 0.25) is 0 Å². The average Bonchev–Trinajstić information content (AvgIpc) is 2.26. The topological polar surface area (TPSA) is 52.6 Å². The molecule has 2 aliphatic rings. The van der Waals surface area contributed by atoms with Gasteiger partial charge in [0.05, 0.1) is 5.92 Å². The quantitative estimate of drug-likeness (QED) is 0.590. The lowest BCUT2D eigenvalue weighted by molar-refractivity contribution is -0.142. The van der Waals surface area contributed by atoms with E-state index in [0.29, 0.717) is 12.1 Å². The van der Waals surface area contributed by atoms with E-state index in [1.54, 1.807) is 0 Å². The molecule has 2 N–H and O–H groups in total. The summed E-state index contributed by atoms with van der Waals surface area (Å²) >= 11 is 0. The number of piperazine rings is 1. The van der Waals surface area contributed by atoms with Gasteiger partial charge in [0.2, 0.25) is 0 Å². The Morgan fingerprint density at radius 2 is 2.31 bits per heavy atom. The summed E-state index contributed by atoms with van der Waals surface area (Å²) in [5.41, 5.74) is 0. The third kappa shape index (κ3) is 1.25. The standard InChI is InChI=1S/C9H16N2O2/c1-5-8-7(9(12)13)3-6(4-10-5)11(8)2/h5-8,10H,3-4H2,1-2H3,(H,12,13)/t5?,6-,7?,8-/m0/s1. The second-order valence-electron chi connectivity index (χ2n) is 4.19. The molecule has 0 aromatic carbocycles. The summed E-state index contributed by atoms with van der Waals surface area (Å²) in [6.07, 6.45) is 0.799. The van der Waals surface area contributed by atoms with Gasteiger partial charge in [0.1, 0.15) is 0 Å². The Labute approximate surface area is 77.9 Å². The molecule has 4 nitrogen and oxygen atoms in total. The highest BCUT2D eigenvalue weighted by molar-refractivity contribution is 5.71. The van der Waals surface area contributed by atoms with Gasteiger partial charge >= 0.3 is 5.97 Å². The second kappa shape index (κ2) is 2.96. The molecule has 2 heterocycles. The zero-order chi connectivity index (χ0) is 9.59. The van der Waals surface area contributed by atoms with Crippen molar-refractivity contribution in [1.82, 2.24) is 10.2 Å². The number of rotatable bonds is 1. The number of fused-ring (bicyclic) bond motifs is 2. The van der Waals surface area contributed by atoms with Crippen LogP contribution in [-0.4, -0.2) is 47.7 Å². The fourth-order valence-corrected chi connectivity index (χ4v) is 2.74. The Hall–Kier alpha value is -0.610. The molecule has 0 aromatic rings. The van der Waals surface area contributed by atoms with E-state index in [9.17, 15) is 4.79 Å². The fraction of sp³-hybridized carbons (Fsp3) is 0.889. The Kier molecular flexibility index (Phi) is 2.04. The minimum absolute atomic E-state index is 0.177. The summed E-state index contributed by atoms with van der Waals surface area (Å²) in [5, 5.41) is 12.4. The molecule has 0 aliphatic carbocycles. The Balaban J connectivity index is 2.22. The van der Waals surface area contributed by atoms with Crippen LogP contribution < -0.4 is 5.32 Å². The lowest BCUT2D eigenvalue weighted by atomic mass is 9.96. The summed E-state index contributed by atoms with van der Waals surface area (Å²) in [6.45, 7) is 3.00. The minimum atomic E-state index is -0.644. The van der Waals surface area contributed by atoms with Crippen LogP contribution >= 0.6 is 0 Å². The molecule has 2 unspecified atom stereocenters. The van der Waals surface area contributed by atoms with Crippen LogP contribution in [0.5, 0.6) is 0 Å². The molecular formula is C9H16N2O2. The number of carbonyl (C=O) groups is 1. The van der Waals surface area contributed by atoms with Crippen molar-refractivity contribution in [2.75, 3.05) is 13.6 Å². The van der Waals surface area contributed by atoms with Crippen LogP contribution in [-0.2, 0) is 4.79 Å². The summed E-state index contributed by atoms with van der Waals surface area (Å²) < 4.78 is 0. The monoisotopic (exact) mass is 184 g/mol. The van der Waals surface area contributed by atoms with Gasteiger partial charge in [-0.15, -0.1) is 0 Å². The molecule has 2 saturated heterocycles. The maximum atomic E-state index is 11.0. The SMILES string of the molecule is CC1NC[C@@H]2CC(C(=O)O)[C@H]1N2C. The lowest BCUT2D eigenvalue weighted by Gasteiger charge is -2.37. The van der Waals surface area contributed by atoms with Crippen molar-refractivity contribution in [1.29, 1.82) is 0 Å². The first-order chi connectivity index (χ1) is 6.11. The molecule has 4 atom stereocenters. The fourth-order valence-electron chi connectivity index (χ4n) is 2.74. The maximum absolute atomic E-state index is 11.0. The van der Waals surface area contributed by atoms with E-state index < -0.39 is 5.97 Å². The highest BCUT2D eigenvalue weighted by Crippen LogP contribution is 2.33. The molecule has 13 heavy (non-hydrogen) atoms. The van der Waals surface area contributed by atoms with Crippen LogP contribution in [0, 0.1) is 5.92 Å².